The summed E-state index contributed by atoms with van der Waals surface area (Å²) >= 11 is 4.71. The molecule has 0 saturated heterocycles. The second-order valence-electron chi connectivity index (χ2n) is 3.14. The second kappa shape index (κ2) is 4.80. The molecule has 82 valence electrons. The summed E-state index contributed by atoms with van der Waals surface area (Å²) in [5.74, 6) is -0.513. The molecule has 2 rings (SSSR count). The fourth-order valence-corrected chi connectivity index (χ4v) is 2.23. The van der Waals surface area contributed by atoms with Gasteiger partial charge in [0.05, 0.1) is 10.0 Å². The fraction of sp³-hybridized carbons (Fsp3) is 0. The van der Waals surface area contributed by atoms with Crippen molar-refractivity contribution >= 4 is 39.4 Å². The third kappa shape index (κ3) is 2.33. The lowest BCUT2D eigenvalue weighted by atomic mass is 10.1. The van der Waals surface area contributed by atoms with Crippen molar-refractivity contribution in [1.82, 2.24) is 0 Å². The summed E-state index contributed by atoms with van der Waals surface area (Å²) in [4.78, 5) is 1.01. The van der Waals surface area contributed by atoms with Crippen LogP contribution in [0.4, 0.5) is 4.39 Å². The van der Waals surface area contributed by atoms with Gasteiger partial charge in [-0.15, -0.1) is 11.3 Å². The number of hydrogen-bond acceptors (Lipinski definition) is 2. The molecule has 0 unspecified atom stereocenters. The highest BCUT2D eigenvalue weighted by atomic mass is 79.9. The van der Waals surface area contributed by atoms with Crippen LogP contribution in [0.25, 0.3) is 12.2 Å². The van der Waals surface area contributed by atoms with Crippen molar-refractivity contribution in [3.8, 4) is 5.75 Å². The average molecular weight is 299 g/mol. The molecule has 1 N–H and O–H groups in total. The lowest BCUT2D eigenvalue weighted by Crippen LogP contribution is -1.83. The Labute approximate surface area is 105 Å². The van der Waals surface area contributed by atoms with Gasteiger partial charge in [-0.1, -0.05) is 6.07 Å². The summed E-state index contributed by atoms with van der Waals surface area (Å²) in [5, 5.41) is 11.6. The minimum absolute atomic E-state index is 0.0761. The van der Waals surface area contributed by atoms with Gasteiger partial charge >= 0.3 is 0 Å². The number of rotatable bonds is 2. The molecule has 1 nitrogen and oxygen atoms in total. The second-order valence-corrected chi connectivity index (χ2v) is 4.97. The van der Waals surface area contributed by atoms with E-state index in [4.69, 9.17) is 0 Å². The molecule has 1 aromatic heterocycles. The molecule has 0 aliphatic heterocycles. The average Bonchev–Trinajstić information content (AvgIpc) is 2.77. The van der Waals surface area contributed by atoms with Gasteiger partial charge in [-0.2, -0.15) is 0 Å². The van der Waals surface area contributed by atoms with E-state index in [0.29, 0.717) is 4.47 Å². The molecule has 0 aliphatic carbocycles. The summed E-state index contributed by atoms with van der Waals surface area (Å²) in [5.41, 5.74) is 0.197. The first kappa shape index (κ1) is 11.4. The molecule has 0 radical (unpaired) electrons. The van der Waals surface area contributed by atoms with E-state index in [1.807, 2.05) is 17.5 Å². The van der Waals surface area contributed by atoms with E-state index in [1.165, 1.54) is 12.1 Å². The van der Waals surface area contributed by atoms with Crippen LogP contribution in [-0.2, 0) is 0 Å². The van der Waals surface area contributed by atoms with Crippen LogP contribution >= 0.6 is 27.3 Å². The smallest absolute Gasteiger partial charge is 0.139 e. The topological polar surface area (TPSA) is 20.2 Å². The van der Waals surface area contributed by atoms with Crippen LogP contribution in [0, 0.1) is 5.82 Å². The lowest BCUT2D eigenvalue weighted by Gasteiger charge is -2.02. The predicted octanol–water partition coefficient (Wildman–Crippen LogP) is 4.53. The quantitative estimate of drug-likeness (QED) is 0.864. The summed E-state index contributed by atoms with van der Waals surface area (Å²) < 4.78 is 13.9. The lowest BCUT2D eigenvalue weighted by molar-refractivity contribution is 0.464. The van der Waals surface area contributed by atoms with Crippen LogP contribution in [0.1, 0.15) is 10.4 Å². The third-order valence-electron chi connectivity index (χ3n) is 2.07. The molecule has 0 amide bonds. The Balaban J connectivity index is 2.38. The first-order valence-corrected chi connectivity index (χ1v) is 6.24. The van der Waals surface area contributed by atoms with Crippen molar-refractivity contribution in [3.63, 3.8) is 0 Å². The largest absolute Gasteiger partial charge is 0.506 e. The van der Waals surface area contributed by atoms with Gasteiger partial charge in [0.1, 0.15) is 11.6 Å². The van der Waals surface area contributed by atoms with Crippen LogP contribution in [0.15, 0.2) is 34.1 Å². The summed E-state index contributed by atoms with van der Waals surface area (Å²) in [6, 6.07) is 6.64. The molecule has 0 bridgehead atoms. The molecule has 0 aliphatic rings. The Kier molecular flexibility index (Phi) is 3.41. The SMILES string of the molecule is Oc1c(Br)ccc(F)c1C=Cc1cccs1. The summed E-state index contributed by atoms with van der Waals surface area (Å²) in [6.45, 7) is 0. The van der Waals surface area contributed by atoms with Crippen LogP contribution in [-0.4, -0.2) is 5.11 Å². The van der Waals surface area contributed by atoms with E-state index in [2.05, 4.69) is 15.9 Å². The standard InChI is InChI=1S/C12H8BrFOS/c13-10-5-6-11(14)9(12(10)15)4-3-8-2-1-7-16-8/h1-7,15H. The van der Waals surface area contributed by atoms with E-state index in [9.17, 15) is 9.50 Å². The van der Waals surface area contributed by atoms with Gasteiger partial charge in [0.2, 0.25) is 0 Å². The van der Waals surface area contributed by atoms with Gasteiger partial charge in [-0.05, 0) is 51.7 Å². The first-order valence-electron chi connectivity index (χ1n) is 4.57. The fourth-order valence-electron chi connectivity index (χ4n) is 1.27. The number of aromatic hydroxyl groups is 1. The van der Waals surface area contributed by atoms with Gasteiger partial charge in [-0.3, -0.25) is 0 Å². The Morgan fingerprint density at radius 1 is 1.25 bits per heavy atom. The van der Waals surface area contributed by atoms with Crippen molar-refractivity contribution in [2.45, 2.75) is 0 Å². The molecule has 16 heavy (non-hydrogen) atoms. The van der Waals surface area contributed by atoms with Crippen molar-refractivity contribution in [2.75, 3.05) is 0 Å². The normalized spacial score (nSPS) is 11.1. The van der Waals surface area contributed by atoms with Gasteiger partial charge < -0.3 is 5.11 Å². The maximum Gasteiger partial charge on any atom is 0.139 e. The van der Waals surface area contributed by atoms with E-state index in [-0.39, 0.29) is 11.3 Å². The Morgan fingerprint density at radius 3 is 2.75 bits per heavy atom. The highest BCUT2D eigenvalue weighted by Crippen LogP contribution is 2.31. The molecule has 4 heteroatoms. The molecule has 2 aromatic rings. The molecular formula is C12H8BrFOS. The van der Waals surface area contributed by atoms with Crippen LogP contribution in [0.5, 0.6) is 5.75 Å². The molecular weight excluding hydrogens is 291 g/mol. The summed E-state index contributed by atoms with van der Waals surface area (Å²) in [6.07, 6.45) is 3.34. The Bertz CT molecular complexity index is 520. The number of phenolic OH excluding ortho intramolecular Hbond substituents is 1. The molecule has 0 spiro atoms. The van der Waals surface area contributed by atoms with Crippen LogP contribution < -0.4 is 0 Å². The zero-order chi connectivity index (χ0) is 11.5. The first-order chi connectivity index (χ1) is 7.68. The van der Waals surface area contributed by atoms with E-state index < -0.39 is 5.82 Å². The van der Waals surface area contributed by atoms with Crippen molar-refractivity contribution < 1.29 is 9.50 Å². The third-order valence-corrected chi connectivity index (χ3v) is 3.55. The zero-order valence-electron chi connectivity index (χ0n) is 8.15. The molecule has 0 fully saturated rings. The van der Waals surface area contributed by atoms with Gasteiger partial charge in [-0.25, -0.2) is 4.39 Å². The minimum Gasteiger partial charge on any atom is -0.506 e. The number of phenols is 1. The Hall–Kier alpha value is -1.13. The van der Waals surface area contributed by atoms with Crippen molar-refractivity contribution in [2.24, 2.45) is 0 Å². The number of thiophene rings is 1. The predicted molar refractivity (Wildman–Crippen MR) is 69.0 cm³/mol. The Morgan fingerprint density at radius 2 is 2.06 bits per heavy atom. The zero-order valence-corrected chi connectivity index (χ0v) is 10.6. The van der Waals surface area contributed by atoms with Crippen LogP contribution in [0.2, 0.25) is 0 Å². The highest BCUT2D eigenvalue weighted by molar-refractivity contribution is 9.10. The van der Waals surface area contributed by atoms with Gasteiger partial charge in [0, 0.05) is 4.88 Å². The molecule has 0 atom stereocenters. The monoisotopic (exact) mass is 298 g/mol. The number of hydrogen-bond donors (Lipinski definition) is 1. The van der Waals surface area contributed by atoms with Crippen molar-refractivity contribution in [3.05, 3.63) is 50.4 Å². The van der Waals surface area contributed by atoms with E-state index in [0.717, 1.165) is 4.88 Å². The number of benzene rings is 1. The number of halogens is 2. The minimum atomic E-state index is -0.437. The van der Waals surface area contributed by atoms with Crippen LogP contribution in [0.3, 0.4) is 0 Å². The molecule has 1 heterocycles. The maximum atomic E-state index is 13.4. The van der Waals surface area contributed by atoms with E-state index in [1.54, 1.807) is 23.5 Å². The highest BCUT2D eigenvalue weighted by Gasteiger charge is 2.08. The summed E-state index contributed by atoms with van der Waals surface area (Å²) in [7, 11) is 0. The van der Waals surface area contributed by atoms with Gasteiger partial charge in [0.15, 0.2) is 0 Å². The van der Waals surface area contributed by atoms with Crippen molar-refractivity contribution in [1.29, 1.82) is 0 Å². The molecule has 1 aromatic carbocycles. The van der Waals surface area contributed by atoms with E-state index >= 15 is 0 Å². The maximum absolute atomic E-state index is 13.4. The molecule has 0 saturated carbocycles. The van der Waals surface area contributed by atoms with Gasteiger partial charge in [0.25, 0.3) is 0 Å².